The number of aliphatic hydroxyl groups excluding tert-OH is 5. The minimum absolute atomic E-state index is 0.257. The van der Waals surface area contributed by atoms with E-state index in [0.717, 1.165) is 18.2 Å². The van der Waals surface area contributed by atoms with Crippen molar-refractivity contribution >= 4 is 36.1 Å². The average Bonchev–Trinajstić information content (AvgIpc) is 3.67. The van der Waals surface area contributed by atoms with Crippen molar-refractivity contribution in [2.24, 2.45) is 0 Å². The molecular weight excluding hydrogens is 945 g/mol. The third-order valence-electron chi connectivity index (χ3n) is 11.0. The second-order valence-corrected chi connectivity index (χ2v) is 15.2. The van der Waals surface area contributed by atoms with Crippen molar-refractivity contribution in [2.45, 2.75) is 54.8 Å². The van der Waals surface area contributed by atoms with E-state index >= 15 is 0 Å². The molecule has 2 saturated heterocycles. The maximum atomic E-state index is 13.7. The Kier molecular flexibility index (Phi) is 19.7. The molecule has 3 aromatic rings. The number of methoxy groups -OCH3 is 9. The average molecular weight is 1000 g/mol. The summed E-state index contributed by atoms with van der Waals surface area (Å²) in [5.74, 6) is -3.21. The third kappa shape index (κ3) is 12.7. The normalized spacial score (nSPS) is 24.1. The van der Waals surface area contributed by atoms with Crippen LogP contribution in [-0.4, -0.2) is 182 Å². The van der Waals surface area contributed by atoms with Crippen LogP contribution in [0.5, 0.6) is 51.7 Å². The van der Waals surface area contributed by atoms with Crippen molar-refractivity contribution in [3.8, 4) is 51.7 Å². The molecule has 23 nitrogen and oxygen atoms in total. The number of carbonyl (C=O) groups is 3. The zero-order chi connectivity index (χ0) is 52.0. The maximum absolute atomic E-state index is 13.7. The molecule has 0 saturated carbocycles. The highest BCUT2D eigenvalue weighted by molar-refractivity contribution is 5.89. The summed E-state index contributed by atoms with van der Waals surface area (Å²) in [5, 5.41) is 54.7. The van der Waals surface area contributed by atoms with Crippen LogP contribution in [0.4, 0.5) is 0 Å². The van der Waals surface area contributed by atoms with Gasteiger partial charge in [-0.05, 0) is 71.3 Å². The molecule has 2 aliphatic rings. The highest BCUT2D eigenvalue weighted by atomic mass is 16.8. The Morgan fingerprint density at radius 1 is 0.535 bits per heavy atom. The Bertz CT molecular complexity index is 2320. The molecule has 3 aromatic carbocycles. The van der Waals surface area contributed by atoms with Gasteiger partial charge in [0.1, 0.15) is 43.7 Å². The fraction of sp³-hybridized carbons (Fsp3) is 0.438. The van der Waals surface area contributed by atoms with Crippen molar-refractivity contribution in [3.05, 3.63) is 71.3 Å². The Morgan fingerprint density at radius 3 is 1.30 bits per heavy atom. The summed E-state index contributed by atoms with van der Waals surface area (Å²) >= 11 is 0. The minimum atomic E-state index is -2.65. The quantitative estimate of drug-likeness (QED) is 0.0511. The largest absolute Gasteiger partial charge is 0.493 e. The predicted octanol–water partition coefficient (Wildman–Crippen LogP) is 1.47. The van der Waals surface area contributed by atoms with Crippen LogP contribution in [0, 0.1) is 0 Å². The Balaban J connectivity index is 1.43. The van der Waals surface area contributed by atoms with Crippen LogP contribution in [0.3, 0.4) is 0 Å². The maximum Gasteiger partial charge on any atom is 0.331 e. The second kappa shape index (κ2) is 25.3. The molecule has 0 amide bonds. The number of carbonyl (C=O) groups excluding carboxylic acids is 3. The van der Waals surface area contributed by atoms with Gasteiger partial charge in [0.05, 0.1) is 70.6 Å². The van der Waals surface area contributed by atoms with Crippen molar-refractivity contribution in [1.82, 2.24) is 0 Å². The van der Waals surface area contributed by atoms with E-state index in [1.54, 1.807) is 24.3 Å². The summed E-state index contributed by atoms with van der Waals surface area (Å²) in [5.41, 5.74) is 1.21. The molecule has 5 N–H and O–H groups in total. The lowest BCUT2D eigenvalue weighted by Gasteiger charge is -2.43. The molecule has 23 heteroatoms. The minimum Gasteiger partial charge on any atom is -0.493 e. The lowest BCUT2D eigenvalue weighted by atomic mass is 9.98. The van der Waals surface area contributed by atoms with Crippen LogP contribution in [0.1, 0.15) is 16.7 Å². The molecule has 2 aliphatic heterocycles. The number of benzene rings is 3. The van der Waals surface area contributed by atoms with Gasteiger partial charge in [-0.1, -0.05) is 0 Å². The first-order chi connectivity index (χ1) is 34.1. The summed E-state index contributed by atoms with van der Waals surface area (Å²) < 4.78 is 82.9. The SMILES string of the molecule is COc1cc(C=CC(=O)OCC2OC(OC3(CO)OC(CO)C(OC(=O)C=Cc4cc(OC)c(OC)c(OC)c4)C3OC(=O)C=Cc3cc(OC)c(OC)c(OC)c3)C(O)C(O)C2O)cc(OC)c1OC. The molecule has 2 heterocycles. The van der Waals surface area contributed by atoms with Gasteiger partial charge < -0.3 is 96.6 Å². The molecule has 0 bridgehead atoms. The van der Waals surface area contributed by atoms with E-state index in [-0.39, 0.29) is 34.5 Å². The molecule has 0 radical (unpaired) electrons. The van der Waals surface area contributed by atoms with Crippen LogP contribution in [0.2, 0.25) is 0 Å². The molecular formula is C48H58O23. The number of hydrogen-bond acceptors (Lipinski definition) is 23. The molecule has 0 aromatic heterocycles. The number of aliphatic hydroxyl groups is 5. The molecule has 9 atom stereocenters. The second-order valence-electron chi connectivity index (χ2n) is 15.2. The third-order valence-corrected chi connectivity index (χ3v) is 11.0. The molecule has 71 heavy (non-hydrogen) atoms. The zero-order valence-corrected chi connectivity index (χ0v) is 40.3. The van der Waals surface area contributed by atoms with Crippen molar-refractivity contribution in [2.75, 3.05) is 83.8 Å². The number of ether oxygens (including phenoxy) is 15. The predicted molar refractivity (Wildman–Crippen MR) is 246 cm³/mol. The van der Waals surface area contributed by atoms with E-state index < -0.39 is 92.5 Å². The Hall–Kier alpha value is -6.83. The zero-order valence-electron chi connectivity index (χ0n) is 40.3. The highest BCUT2D eigenvalue weighted by Gasteiger charge is 2.62. The van der Waals surface area contributed by atoms with E-state index in [9.17, 15) is 39.9 Å². The van der Waals surface area contributed by atoms with Gasteiger partial charge in [-0.25, -0.2) is 14.4 Å². The fourth-order valence-electron chi connectivity index (χ4n) is 7.51. The lowest BCUT2D eigenvalue weighted by molar-refractivity contribution is -0.383. The van der Waals surface area contributed by atoms with Gasteiger partial charge in [0.2, 0.25) is 23.0 Å². The van der Waals surface area contributed by atoms with Gasteiger partial charge in [-0.2, -0.15) is 0 Å². The molecule has 9 unspecified atom stereocenters. The molecule has 0 spiro atoms. The van der Waals surface area contributed by atoms with Crippen LogP contribution in [-0.2, 0) is 42.8 Å². The van der Waals surface area contributed by atoms with Gasteiger partial charge in [-0.3, -0.25) is 0 Å². The van der Waals surface area contributed by atoms with Crippen LogP contribution in [0.25, 0.3) is 18.2 Å². The number of esters is 3. The van der Waals surface area contributed by atoms with Crippen LogP contribution >= 0.6 is 0 Å². The Morgan fingerprint density at radius 2 is 0.930 bits per heavy atom. The summed E-state index contributed by atoms with van der Waals surface area (Å²) in [4.78, 5) is 40.2. The standard InChI is InChI=1S/C48H58O23/c1-57-28-16-25(17-29(58-2)42(28)63-7)10-13-36(51)66-23-35-39(54)40(55)41(56)47(67-35)71-48(24-50)46(69-38(53)15-12-27-20-32(61-5)44(65-9)33(21-27)62-6)45(34(22-49)70-48)68-37(52)14-11-26-18-30(59-3)43(64-8)31(19-26)60-4/h10-21,34-35,39-41,45-47,49-50,54-56H,22-24H2,1-9H3. The van der Waals surface area contributed by atoms with Gasteiger partial charge in [0, 0.05) is 18.2 Å². The highest BCUT2D eigenvalue weighted by Crippen LogP contribution is 2.42. The van der Waals surface area contributed by atoms with E-state index in [0.29, 0.717) is 33.9 Å². The fourth-order valence-corrected chi connectivity index (χ4v) is 7.51. The molecule has 388 valence electrons. The van der Waals surface area contributed by atoms with Gasteiger partial charge in [0.15, 0.2) is 53.0 Å². The molecule has 5 rings (SSSR count). The monoisotopic (exact) mass is 1000 g/mol. The summed E-state index contributed by atoms with van der Waals surface area (Å²) in [6.07, 6.45) is -7.95. The Labute approximate surface area is 408 Å². The van der Waals surface area contributed by atoms with E-state index in [2.05, 4.69) is 0 Å². The van der Waals surface area contributed by atoms with Crippen molar-refractivity contribution in [3.63, 3.8) is 0 Å². The van der Waals surface area contributed by atoms with Crippen molar-refractivity contribution in [1.29, 1.82) is 0 Å². The topological polar surface area (TPSA) is 291 Å². The van der Waals surface area contributed by atoms with E-state index in [1.807, 2.05) is 0 Å². The van der Waals surface area contributed by atoms with Gasteiger partial charge in [0.25, 0.3) is 0 Å². The summed E-state index contributed by atoms with van der Waals surface area (Å²) in [6.45, 7) is -2.88. The molecule has 0 aliphatic carbocycles. The van der Waals surface area contributed by atoms with Gasteiger partial charge in [-0.15, -0.1) is 0 Å². The number of rotatable bonds is 23. The van der Waals surface area contributed by atoms with Crippen molar-refractivity contribution < 1.29 is 111 Å². The first-order valence-corrected chi connectivity index (χ1v) is 21.4. The first-order valence-electron chi connectivity index (χ1n) is 21.4. The van der Waals surface area contributed by atoms with E-state index in [1.165, 1.54) is 94.3 Å². The molecule has 2 fully saturated rings. The smallest absolute Gasteiger partial charge is 0.331 e. The van der Waals surface area contributed by atoms with Crippen LogP contribution in [0.15, 0.2) is 54.6 Å². The summed E-state index contributed by atoms with van der Waals surface area (Å²) in [6, 6.07) is 9.27. The first kappa shape index (κ1) is 55.1. The van der Waals surface area contributed by atoms with E-state index in [4.69, 9.17) is 71.1 Å². The van der Waals surface area contributed by atoms with Gasteiger partial charge >= 0.3 is 17.9 Å². The lowest BCUT2D eigenvalue weighted by Crippen LogP contribution is -2.63. The van der Waals surface area contributed by atoms with Crippen LogP contribution < -0.4 is 42.6 Å². The number of hydrogen-bond donors (Lipinski definition) is 5. The summed E-state index contributed by atoms with van der Waals surface area (Å²) in [7, 11) is 12.7.